The van der Waals surface area contributed by atoms with Gasteiger partial charge in [0.05, 0.1) is 18.0 Å². The lowest BCUT2D eigenvalue weighted by Crippen LogP contribution is -2.20. The van der Waals surface area contributed by atoms with Crippen LogP contribution in [0.5, 0.6) is 5.75 Å². The Balaban J connectivity index is 1.78. The summed E-state index contributed by atoms with van der Waals surface area (Å²) < 4.78 is 5.46. The van der Waals surface area contributed by atoms with Crippen LogP contribution in [0.2, 0.25) is 0 Å². The minimum absolute atomic E-state index is 0.0620. The number of amides is 1. The maximum absolute atomic E-state index is 11.9. The van der Waals surface area contributed by atoms with E-state index in [2.05, 4.69) is 22.5 Å². The van der Waals surface area contributed by atoms with Crippen molar-refractivity contribution >= 4 is 17.4 Å². The first-order valence-corrected chi connectivity index (χ1v) is 7.96. The van der Waals surface area contributed by atoms with Gasteiger partial charge in [-0.3, -0.25) is 4.79 Å². The van der Waals surface area contributed by atoms with Crippen LogP contribution >= 0.6 is 0 Å². The van der Waals surface area contributed by atoms with E-state index in [0.29, 0.717) is 23.8 Å². The number of carbonyl (C=O) groups is 1. The lowest BCUT2D eigenvalue weighted by molar-refractivity contribution is -0.118. The smallest absolute Gasteiger partial charge is 0.262 e. The fraction of sp³-hybridized carbons (Fsp3) is 0.333. The highest BCUT2D eigenvalue weighted by Crippen LogP contribution is 2.13. The van der Waals surface area contributed by atoms with Crippen LogP contribution in [-0.2, 0) is 11.2 Å². The van der Waals surface area contributed by atoms with E-state index in [9.17, 15) is 9.90 Å². The lowest BCUT2D eigenvalue weighted by Gasteiger charge is -2.10. The number of aliphatic hydroxyl groups is 1. The van der Waals surface area contributed by atoms with E-state index in [4.69, 9.17) is 4.74 Å². The van der Waals surface area contributed by atoms with E-state index in [-0.39, 0.29) is 12.5 Å². The third-order valence-electron chi connectivity index (χ3n) is 3.33. The summed E-state index contributed by atoms with van der Waals surface area (Å²) in [5.74, 6) is 1.06. The van der Waals surface area contributed by atoms with Gasteiger partial charge < -0.3 is 20.5 Å². The molecule has 2 aromatic rings. The number of nitrogens with zero attached hydrogens (tertiary/aromatic N) is 1. The second kappa shape index (κ2) is 8.88. The summed E-state index contributed by atoms with van der Waals surface area (Å²) in [6, 6.07) is 11.2. The van der Waals surface area contributed by atoms with Crippen molar-refractivity contribution < 1.29 is 14.6 Å². The number of anilines is 2. The quantitative estimate of drug-likeness (QED) is 0.693. The molecule has 0 saturated heterocycles. The Morgan fingerprint density at radius 1 is 1.25 bits per heavy atom. The summed E-state index contributed by atoms with van der Waals surface area (Å²) in [6.07, 6.45) is 2.07. The first kappa shape index (κ1) is 17.7. The van der Waals surface area contributed by atoms with Gasteiger partial charge in [0.15, 0.2) is 6.61 Å². The van der Waals surface area contributed by atoms with Gasteiger partial charge in [-0.25, -0.2) is 4.98 Å². The summed E-state index contributed by atoms with van der Waals surface area (Å²) in [5, 5.41) is 14.9. The van der Waals surface area contributed by atoms with E-state index in [0.717, 1.165) is 6.42 Å². The first-order chi connectivity index (χ1) is 11.6. The number of carbonyl (C=O) groups excluding carboxylic acids is 1. The van der Waals surface area contributed by atoms with Crippen LogP contribution in [0.4, 0.5) is 11.5 Å². The lowest BCUT2D eigenvalue weighted by atomic mass is 10.2. The Morgan fingerprint density at radius 3 is 2.58 bits per heavy atom. The molecule has 1 aromatic heterocycles. The molecule has 1 aromatic carbocycles. The zero-order valence-electron chi connectivity index (χ0n) is 14.0. The summed E-state index contributed by atoms with van der Waals surface area (Å²) in [5.41, 5.74) is 1.81. The van der Waals surface area contributed by atoms with E-state index in [1.165, 1.54) is 5.56 Å². The molecule has 128 valence electrons. The van der Waals surface area contributed by atoms with Crippen molar-refractivity contribution in [1.82, 2.24) is 4.98 Å². The van der Waals surface area contributed by atoms with Crippen molar-refractivity contribution in [2.24, 2.45) is 0 Å². The number of aryl methyl sites for hydroxylation is 1. The van der Waals surface area contributed by atoms with Gasteiger partial charge >= 0.3 is 0 Å². The van der Waals surface area contributed by atoms with Crippen LogP contribution in [0.1, 0.15) is 19.4 Å². The van der Waals surface area contributed by atoms with Gasteiger partial charge in [-0.15, -0.1) is 0 Å². The molecular weight excluding hydrogens is 306 g/mol. The Hall–Kier alpha value is -2.60. The minimum Gasteiger partial charge on any atom is -0.484 e. The summed E-state index contributed by atoms with van der Waals surface area (Å²) in [4.78, 5) is 16.1. The maximum Gasteiger partial charge on any atom is 0.262 e. The predicted molar refractivity (Wildman–Crippen MR) is 94.4 cm³/mol. The molecule has 0 aliphatic heterocycles. The number of hydrogen-bond acceptors (Lipinski definition) is 5. The number of nitrogens with one attached hydrogen (secondary N) is 2. The molecule has 0 radical (unpaired) electrons. The third kappa shape index (κ3) is 5.89. The number of rotatable bonds is 8. The first-order valence-electron chi connectivity index (χ1n) is 7.96. The highest BCUT2D eigenvalue weighted by Gasteiger charge is 2.05. The molecule has 0 aliphatic rings. The third-order valence-corrected chi connectivity index (χ3v) is 3.33. The van der Waals surface area contributed by atoms with Gasteiger partial charge in [-0.2, -0.15) is 0 Å². The van der Waals surface area contributed by atoms with Crippen molar-refractivity contribution in [3.8, 4) is 5.75 Å². The second-order valence-corrected chi connectivity index (χ2v) is 5.50. The molecule has 1 amide bonds. The number of hydrogen-bond donors (Lipinski definition) is 3. The summed E-state index contributed by atoms with van der Waals surface area (Å²) in [7, 11) is 0. The Labute approximate surface area is 141 Å². The SMILES string of the molecule is CCc1ccc(OCC(=O)Nc2ccc(NCC(C)O)nc2)cc1. The minimum atomic E-state index is -0.449. The van der Waals surface area contributed by atoms with E-state index < -0.39 is 6.10 Å². The molecule has 6 nitrogen and oxygen atoms in total. The van der Waals surface area contributed by atoms with E-state index in [1.54, 1.807) is 25.3 Å². The Bertz CT molecular complexity index is 640. The number of aromatic nitrogens is 1. The van der Waals surface area contributed by atoms with E-state index in [1.807, 2.05) is 24.3 Å². The molecule has 3 N–H and O–H groups in total. The fourth-order valence-corrected chi connectivity index (χ4v) is 1.99. The summed E-state index contributed by atoms with van der Waals surface area (Å²) >= 11 is 0. The number of pyridine rings is 1. The van der Waals surface area contributed by atoms with Gasteiger partial charge in [0.2, 0.25) is 0 Å². The molecular formula is C18H23N3O3. The molecule has 0 bridgehead atoms. The molecule has 1 unspecified atom stereocenters. The number of benzene rings is 1. The molecule has 1 atom stereocenters. The second-order valence-electron chi connectivity index (χ2n) is 5.50. The van der Waals surface area contributed by atoms with Crippen molar-refractivity contribution in [2.45, 2.75) is 26.4 Å². The number of aliphatic hydroxyl groups excluding tert-OH is 1. The van der Waals surface area contributed by atoms with Gasteiger partial charge in [-0.05, 0) is 43.2 Å². The van der Waals surface area contributed by atoms with Crippen molar-refractivity contribution in [1.29, 1.82) is 0 Å². The predicted octanol–water partition coefficient (Wildman–Crippen LogP) is 2.45. The van der Waals surface area contributed by atoms with Crippen LogP contribution in [0.25, 0.3) is 0 Å². The zero-order chi connectivity index (χ0) is 17.4. The van der Waals surface area contributed by atoms with Crippen LogP contribution in [0, 0.1) is 0 Å². The Kier molecular flexibility index (Phi) is 6.57. The number of ether oxygens (including phenoxy) is 1. The van der Waals surface area contributed by atoms with Gasteiger partial charge in [0, 0.05) is 6.54 Å². The van der Waals surface area contributed by atoms with Crippen molar-refractivity contribution in [3.63, 3.8) is 0 Å². The van der Waals surface area contributed by atoms with Crippen LogP contribution in [0.3, 0.4) is 0 Å². The highest BCUT2D eigenvalue weighted by molar-refractivity contribution is 5.91. The average Bonchev–Trinajstić information content (AvgIpc) is 2.60. The zero-order valence-corrected chi connectivity index (χ0v) is 14.0. The largest absolute Gasteiger partial charge is 0.484 e. The van der Waals surface area contributed by atoms with Gasteiger partial charge in [0.25, 0.3) is 5.91 Å². The van der Waals surface area contributed by atoms with Gasteiger partial charge in [0.1, 0.15) is 11.6 Å². The molecule has 2 rings (SSSR count). The van der Waals surface area contributed by atoms with Crippen LogP contribution in [-0.4, -0.2) is 35.3 Å². The fourth-order valence-electron chi connectivity index (χ4n) is 1.99. The standard InChI is InChI=1S/C18H23N3O3/c1-3-14-4-7-16(8-5-14)24-12-18(23)21-15-6-9-17(20-11-15)19-10-13(2)22/h4-9,11,13,22H,3,10,12H2,1-2H3,(H,19,20)(H,21,23). The molecule has 24 heavy (non-hydrogen) atoms. The van der Waals surface area contributed by atoms with Crippen molar-refractivity contribution in [3.05, 3.63) is 48.2 Å². The topological polar surface area (TPSA) is 83.5 Å². The highest BCUT2D eigenvalue weighted by atomic mass is 16.5. The maximum atomic E-state index is 11.9. The van der Waals surface area contributed by atoms with E-state index >= 15 is 0 Å². The van der Waals surface area contributed by atoms with Crippen LogP contribution in [0.15, 0.2) is 42.6 Å². The Morgan fingerprint density at radius 2 is 2.00 bits per heavy atom. The van der Waals surface area contributed by atoms with Crippen molar-refractivity contribution in [2.75, 3.05) is 23.8 Å². The van der Waals surface area contributed by atoms with Crippen LogP contribution < -0.4 is 15.4 Å². The monoisotopic (exact) mass is 329 g/mol. The average molecular weight is 329 g/mol. The molecule has 0 spiro atoms. The molecule has 0 aliphatic carbocycles. The normalized spacial score (nSPS) is 11.6. The van der Waals surface area contributed by atoms with Gasteiger partial charge in [-0.1, -0.05) is 19.1 Å². The molecule has 6 heteroatoms. The molecule has 0 saturated carbocycles. The molecule has 0 fully saturated rings. The summed E-state index contributed by atoms with van der Waals surface area (Å²) in [6.45, 7) is 4.14. The molecule has 1 heterocycles.